The number of carbonyl (C=O) groups excluding carboxylic acids is 1. The van der Waals surface area contributed by atoms with Crippen molar-refractivity contribution in [1.29, 1.82) is 0 Å². The van der Waals surface area contributed by atoms with Gasteiger partial charge in [0.1, 0.15) is 11.4 Å². The first-order chi connectivity index (χ1) is 14.4. The summed E-state index contributed by atoms with van der Waals surface area (Å²) in [7, 11) is 1.63. The summed E-state index contributed by atoms with van der Waals surface area (Å²) in [5, 5.41) is 26.7. The van der Waals surface area contributed by atoms with Crippen molar-refractivity contribution >= 4 is 16.8 Å². The van der Waals surface area contributed by atoms with Crippen molar-refractivity contribution in [2.45, 2.75) is 26.8 Å². The van der Waals surface area contributed by atoms with Gasteiger partial charge in [-0.2, -0.15) is 19.9 Å². The third-order valence-corrected chi connectivity index (χ3v) is 4.64. The summed E-state index contributed by atoms with van der Waals surface area (Å²) in [6, 6.07) is 1.73. The average molecular weight is 411 g/mol. The summed E-state index contributed by atoms with van der Waals surface area (Å²) >= 11 is 0. The number of aryl methyl sites for hydroxylation is 3. The van der Waals surface area contributed by atoms with Crippen LogP contribution in [-0.2, 0) is 11.3 Å². The molecule has 30 heavy (non-hydrogen) atoms. The highest BCUT2D eigenvalue weighted by molar-refractivity contribution is 6.04. The van der Waals surface area contributed by atoms with Crippen molar-refractivity contribution in [1.82, 2.24) is 39.7 Å². The monoisotopic (exact) mass is 411 g/mol. The molecule has 4 aromatic rings. The number of rotatable bonds is 7. The third kappa shape index (κ3) is 3.26. The predicted molar refractivity (Wildman–Crippen MR) is 106 cm³/mol. The fourth-order valence-electron chi connectivity index (χ4n) is 3.23. The van der Waals surface area contributed by atoms with E-state index in [1.165, 1.54) is 4.68 Å². The molecule has 156 valence electrons. The molecule has 0 bridgehead atoms. The second kappa shape index (κ2) is 7.55. The molecule has 0 radical (unpaired) electrons. The Bertz CT molecular complexity index is 1240. The molecule has 0 aromatic carbocycles. The minimum atomic E-state index is -0.662. The van der Waals surface area contributed by atoms with E-state index < -0.39 is 5.91 Å². The minimum absolute atomic E-state index is 0.00977. The number of aromatic nitrogens is 8. The first kappa shape index (κ1) is 19.5. The number of pyridine rings is 1. The number of nitrogens with zero attached hydrogens (tertiary/aromatic N) is 7. The molecular formula is C18H21N9O3. The number of nitrogens with one attached hydrogen (secondary N) is 1. The molecule has 0 aliphatic heterocycles. The summed E-state index contributed by atoms with van der Waals surface area (Å²) in [6.07, 6.45) is 2.29. The Morgan fingerprint density at radius 2 is 2.13 bits per heavy atom. The zero-order valence-electron chi connectivity index (χ0n) is 16.7. The van der Waals surface area contributed by atoms with Crippen LogP contribution in [0.25, 0.3) is 28.4 Å². The maximum Gasteiger partial charge on any atom is 0.270 e. The molecule has 0 saturated heterocycles. The maximum absolute atomic E-state index is 11.8. The number of fused-ring (bicyclic) bond motifs is 1. The van der Waals surface area contributed by atoms with E-state index in [0.29, 0.717) is 47.7 Å². The Morgan fingerprint density at radius 3 is 2.87 bits per heavy atom. The summed E-state index contributed by atoms with van der Waals surface area (Å²) in [4.78, 5) is 20.6. The Balaban J connectivity index is 1.79. The zero-order valence-corrected chi connectivity index (χ0v) is 16.7. The van der Waals surface area contributed by atoms with E-state index in [-0.39, 0.29) is 17.4 Å². The standard InChI is InChI=1S/C18H21N9O3/c1-9-7-11-12(8-20-9)27(25-13(11)16(19)29)18-21-17(22-23-18)14-15(28)10(2)24-26(14)5-4-6-30-3/h7-8,28H,4-6H2,1-3H3,(H2,19,29)(H,21,22,23). The lowest BCUT2D eigenvalue weighted by Gasteiger charge is -2.04. The van der Waals surface area contributed by atoms with Crippen LogP contribution in [0.5, 0.6) is 5.75 Å². The molecule has 4 heterocycles. The molecule has 4 N–H and O–H groups in total. The zero-order chi connectivity index (χ0) is 21.4. The number of hydrogen-bond acceptors (Lipinski definition) is 8. The van der Waals surface area contributed by atoms with Crippen LogP contribution < -0.4 is 5.73 Å². The van der Waals surface area contributed by atoms with Crippen LogP contribution in [-0.4, -0.2) is 64.5 Å². The molecule has 0 unspecified atom stereocenters. The number of aromatic hydroxyl groups is 1. The summed E-state index contributed by atoms with van der Waals surface area (Å²) < 4.78 is 8.12. The van der Waals surface area contributed by atoms with Gasteiger partial charge in [0.15, 0.2) is 17.3 Å². The maximum atomic E-state index is 11.8. The second-order valence-electron chi connectivity index (χ2n) is 6.80. The fraction of sp³-hybridized carbons (Fsp3) is 0.333. The van der Waals surface area contributed by atoms with Crippen LogP contribution in [0.4, 0.5) is 0 Å². The first-order valence-corrected chi connectivity index (χ1v) is 9.24. The molecule has 0 saturated carbocycles. The SMILES string of the molecule is COCCCn1nc(C)c(O)c1-c1nc(-n2nc(C(N)=O)c3cc(C)ncc32)n[nH]1. The van der Waals surface area contributed by atoms with Gasteiger partial charge < -0.3 is 15.6 Å². The van der Waals surface area contributed by atoms with Gasteiger partial charge in [0.2, 0.25) is 0 Å². The number of primary amides is 1. The second-order valence-corrected chi connectivity index (χ2v) is 6.80. The molecule has 0 fully saturated rings. The van der Waals surface area contributed by atoms with Crippen LogP contribution in [0, 0.1) is 13.8 Å². The van der Waals surface area contributed by atoms with Gasteiger partial charge >= 0.3 is 0 Å². The van der Waals surface area contributed by atoms with Crippen molar-refractivity contribution in [2.24, 2.45) is 5.73 Å². The number of amides is 1. The first-order valence-electron chi connectivity index (χ1n) is 9.24. The number of nitrogens with two attached hydrogens (primary N) is 1. The highest BCUT2D eigenvalue weighted by atomic mass is 16.5. The molecule has 1 amide bonds. The van der Waals surface area contributed by atoms with E-state index in [0.717, 1.165) is 5.69 Å². The fourth-order valence-corrected chi connectivity index (χ4v) is 3.23. The molecule has 0 atom stereocenters. The molecular weight excluding hydrogens is 390 g/mol. The van der Waals surface area contributed by atoms with Gasteiger partial charge in [-0.25, -0.2) is 0 Å². The van der Waals surface area contributed by atoms with Crippen LogP contribution in [0.2, 0.25) is 0 Å². The lowest BCUT2D eigenvalue weighted by atomic mass is 10.2. The number of ether oxygens (including phenoxy) is 1. The summed E-state index contributed by atoms with van der Waals surface area (Å²) in [6.45, 7) is 4.60. The van der Waals surface area contributed by atoms with Gasteiger partial charge in [0, 0.05) is 31.3 Å². The van der Waals surface area contributed by atoms with Gasteiger partial charge in [0.05, 0.1) is 11.7 Å². The van der Waals surface area contributed by atoms with Gasteiger partial charge in [-0.1, -0.05) is 0 Å². The van der Waals surface area contributed by atoms with Crippen LogP contribution >= 0.6 is 0 Å². The van der Waals surface area contributed by atoms with E-state index in [4.69, 9.17) is 10.5 Å². The van der Waals surface area contributed by atoms with Crippen molar-refractivity contribution in [3.05, 3.63) is 29.3 Å². The van der Waals surface area contributed by atoms with Gasteiger partial charge in [-0.3, -0.25) is 19.6 Å². The smallest absolute Gasteiger partial charge is 0.270 e. The molecule has 4 aromatic heterocycles. The molecule has 0 aliphatic carbocycles. The van der Waals surface area contributed by atoms with E-state index in [9.17, 15) is 9.90 Å². The molecule has 12 nitrogen and oxygen atoms in total. The molecule has 0 spiro atoms. The quantitative estimate of drug-likeness (QED) is 0.377. The normalized spacial score (nSPS) is 11.4. The minimum Gasteiger partial charge on any atom is -0.504 e. The van der Waals surface area contributed by atoms with Crippen molar-refractivity contribution in [2.75, 3.05) is 13.7 Å². The Morgan fingerprint density at radius 1 is 1.33 bits per heavy atom. The Labute approximate surface area is 170 Å². The third-order valence-electron chi connectivity index (χ3n) is 4.64. The topological polar surface area (TPSA) is 163 Å². The number of aromatic amines is 1. The van der Waals surface area contributed by atoms with Gasteiger partial charge in [0.25, 0.3) is 11.9 Å². The molecule has 12 heteroatoms. The van der Waals surface area contributed by atoms with Gasteiger partial charge in [-0.05, 0) is 26.3 Å². The van der Waals surface area contributed by atoms with Crippen molar-refractivity contribution in [3.8, 4) is 23.2 Å². The predicted octanol–water partition coefficient (Wildman–Crippen LogP) is 0.860. The van der Waals surface area contributed by atoms with E-state index >= 15 is 0 Å². The molecule has 4 rings (SSSR count). The number of methoxy groups -OCH3 is 1. The van der Waals surface area contributed by atoms with Crippen molar-refractivity contribution < 1.29 is 14.6 Å². The Hall–Kier alpha value is -3.80. The summed E-state index contributed by atoms with van der Waals surface area (Å²) in [5.41, 5.74) is 7.72. The van der Waals surface area contributed by atoms with Gasteiger partial charge in [-0.15, -0.1) is 5.10 Å². The number of H-pyrrole nitrogens is 1. The molecule has 0 aliphatic rings. The highest BCUT2D eigenvalue weighted by Crippen LogP contribution is 2.30. The van der Waals surface area contributed by atoms with Crippen molar-refractivity contribution in [3.63, 3.8) is 0 Å². The highest BCUT2D eigenvalue weighted by Gasteiger charge is 2.23. The Kier molecular flexibility index (Phi) is 4.91. The van der Waals surface area contributed by atoms with Crippen LogP contribution in [0.1, 0.15) is 28.3 Å². The lowest BCUT2D eigenvalue weighted by molar-refractivity contribution is 0.0996. The number of carbonyl (C=O) groups is 1. The van der Waals surface area contributed by atoms with E-state index in [1.54, 1.807) is 31.0 Å². The van der Waals surface area contributed by atoms with E-state index in [1.807, 2.05) is 6.92 Å². The largest absolute Gasteiger partial charge is 0.504 e. The lowest BCUT2D eigenvalue weighted by Crippen LogP contribution is -2.12. The number of hydrogen-bond donors (Lipinski definition) is 3. The summed E-state index contributed by atoms with van der Waals surface area (Å²) in [5.74, 6) is -0.167. The average Bonchev–Trinajstić information content (AvgIpc) is 3.38. The van der Waals surface area contributed by atoms with Crippen LogP contribution in [0.15, 0.2) is 12.3 Å². The van der Waals surface area contributed by atoms with Crippen LogP contribution in [0.3, 0.4) is 0 Å². The van der Waals surface area contributed by atoms with E-state index in [2.05, 4.69) is 30.4 Å².